The van der Waals surface area contributed by atoms with Gasteiger partial charge in [-0.2, -0.15) is 0 Å². The van der Waals surface area contributed by atoms with Crippen molar-refractivity contribution < 1.29 is 8.42 Å². The quantitative estimate of drug-likeness (QED) is 0.934. The number of nitrogens with one attached hydrogen (secondary N) is 1. The maximum absolute atomic E-state index is 12.3. The Balaban J connectivity index is 2.30. The van der Waals surface area contributed by atoms with Gasteiger partial charge in [-0.25, -0.2) is 13.1 Å². The van der Waals surface area contributed by atoms with Gasteiger partial charge in [0.2, 0.25) is 10.0 Å². The number of hydrogen-bond acceptors (Lipinski definition) is 3. The number of halogens is 2. The van der Waals surface area contributed by atoms with E-state index in [0.29, 0.717) is 10.6 Å². The fourth-order valence-electron chi connectivity index (χ4n) is 1.75. The number of aromatic nitrogens is 1. The van der Waals surface area contributed by atoms with E-state index < -0.39 is 16.1 Å². The minimum absolute atomic E-state index is 0.0550. The van der Waals surface area contributed by atoms with Crippen LogP contribution < -0.4 is 4.72 Å². The van der Waals surface area contributed by atoms with Gasteiger partial charge in [0, 0.05) is 23.5 Å². The van der Waals surface area contributed by atoms with Crippen molar-refractivity contribution in [2.45, 2.75) is 17.9 Å². The predicted octanol–water partition coefficient (Wildman–Crippen LogP) is 3.43. The van der Waals surface area contributed by atoms with Gasteiger partial charge in [-0.3, -0.25) is 4.98 Å². The van der Waals surface area contributed by atoms with Gasteiger partial charge < -0.3 is 0 Å². The Bertz CT molecular complexity index is 720. The third-order valence-electron chi connectivity index (χ3n) is 2.73. The molecule has 0 aliphatic heterocycles. The molecule has 0 saturated carbocycles. The van der Waals surface area contributed by atoms with E-state index >= 15 is 0 Å². The van der Waals surface area contributed by atoms with E-state index in [4.69, 9.17) is 23.2 Å². The van der Waals surface area contributed by atoms with Gasteiger partial charge in [0.15, 0.2) is 0 Å². The largest absolute Gasteiger partial charge is 0.263 e. The number of pyridine rings is 1. The van der Waals surface area contributed by atoms with Crippen molar-refractivity contribution in [3.63, 3.8) is 0 Å². The lowest BCUT2D eigenvalue weighted by Gasteiger charge is -2.16. The summed E-state index contributed by atoms with van der Waals surface area (Å²) in [6.45, 7) is 1.71. The van der Waals surface area contributed by atoms with Crippen molar-refractivity contribution in [1.82, 2.24) is 9.71 Å². The van der Waals surface area contributed by atoms with Gasteiger partial charge in [0.25, 0.3) is 0 Å². The van der Waals surface area contributed by atoms with Gasteiger partial charge in [-0.1, -0.05) is 41.4 Å². The summed E-state index contributed by atoms with van der Waals surface area (Å²) in [6, 6.07) is 7.99. The third-order valence-corrected chi connectivity index (χ3v) is 5.08. The topological polar surface area (TPSA) is 59.1 Å². The molecule has 0 amide bonds. The van der Waals surface area contributed by atoms with Gasteiger partial charge in [0.1, 0.15) is 4.90 Å². The third kappa shape index (κ3) is 3.30. The van der Waals surface area contributed by atoms with Crippen LogP contribution in [-0.2, 0) is 10.0 Å². The fraction of sp³-hybridized carbons (Fsp3) is 0.154. The molecule has 1 heterocycles. The van der Waals surface area contributed by atoms with E-state index in [1.165, 1.54) is 18.5 Å². The summed E-state index contributed by atoms with van der Waals surface area (Å²) >= 11 is 11.9. The van der Waals surface area contributed by atoms with E-state index in [0.717, 1.165) is 0 Å². The Morgan fingerprint density at radius 2 is 1.85 bits per heavy atom. The molecule has 2 rings (SSSR count). The summed E-state index contributed by atoms with van der Waals surface area (Å²) in [6.07, 6.45) is 2.64. The summed E-state index contributed by atoms with van der Waals surface area (Å²) in [7, 11) is -3.76. The molecule has 0 aliphatic rings. The Kier molecular flexibility index (Phi) is 4.65. The second-order valence-corrected chi connectivity index (χ2v) is 6.67. The van der Waals surface area contributed by atoms with Crippen LogP contribution >= 0.6 is 23.2 Å². The average molecular weight is 331 g/mol. The number of sulfonamides is 1. The second kappa shape index (κ2) is 6.10. The Morgan fingerprint density at radius 3 is 2.50 bits per heavy atom. The molecule has 0 bridgehead atoms. The first-order valence-corrected chi connectivity index (χ1v) is 8.02. The number of benzene rings is 1. The number of nitrogens with zero attached hydrogens (tertiary/aromatic N) is 1. The molecule has 20 heavy (non-hydrogen) atoms. The summed E-state index contributed by atoms with van der Waals surface area (Å²) in [4.78, 5) is 3.72. The van der Waals surface area contributed by atoms with Crippen molar-refractivity contribution in [3.8, 4) is 0 Å². The normalized spacial score (nSPS) is 13.2. The standard InChI is InChI=1S/C13H12Cl2N2O2S/c1-9(10-4-2-3-5-11(10)14)17-20(18,19)13-8-16-7-6-12(13)15/h2-9,17H,1H3. The predicted molar refractivity (Wildman–Crippen MR) is 79.4 cm³/mol. The molecular formula is C13H12Cl2N2O2S. The summed E-state index contributed by atoms with van der Waals surface area (Å²) in [5.41, 5.74) is 0.692. The molecule has 7 heteroatoms. The van der Waals surface area contributed by atoms with Crippen molar-refractivity contribution in [2.24, 2.45) is 0 Å². The van der Waals surface area contributed by atoms with Crippen LogP contribution in [0.5, 0.6) is 0 Å². The second-order valence-electron chi connectivity index (χ2n) is 4.17. The zero-order valence-electron chi connectivity index (χ0n) is 10.5. The van der Waals surface area contributed by atoms with Crippen LogP contribution in [0.1, 0.15) is 18.5 Å². The molecule has 0 radical (unpaired) electrons. The zero-order chi connectivity index (χ0) is 14.8. The maximum Gasteiger partial charge on any atom is 0.244 e. The molecule has 106 valence electrons. The minimum atomic E-state index is -3.76. The highest BCUT2D eigenvalue weighted by Crippen LogP contribution is 2.25. The van der Waals surface area contributed by atoms with Crippen LogP contribution in [0, 0.1) is 0 Å². The van der Waals surface area contributed by atoms with Crippen molar-refractivity contribution in [2.75, 3.05) is 0 Å². The molecule has 1 unspecified atom stereocenters. The first-order chi connectivity index (χ1) is 9.42. The van der Waals surface area contributed by atoms with E-state index in [-0.39, 0.29) is 9.92 Å². The van der Waals surface area contributed by atoms with E-state index in [2.05, 4.69) is 9.71 Å². The molecule has 0 aliphatic carbocycles. The van der Waals surface area contributed by atoms with Crippen LogP contribution in [0.25, 0.3) is 0 Å². The summed E-state index contributed by atoms with van der Waals surface area (Å²) < 4.78 is 27.1. The Hall–Kier alpha value is -1.14. The Labute approximate surface area is 127 Å². The van der Waals surface area contributed by atoms with Crippen molar-refractivity contribution >= 4 is 33.2 Å². The highest BCUT2D eigenvalue weighted by atomic mass is 35.5. The highest BCUT2D eigenvalue weighted by molar-refractivity contribution is 7.89. The molecule has 0 fully saturated rings. The van der Waals surface area contributed by atoms with Gasteiger partial charge in [-0.05, 0) is 24.6 Å². The summed E-state index contributed by atoms with van der Waals surface area (Å²) in [5, 5.41) is 0.624. The first kappa shape index (κ1) is 15.3. The van der Waals surface area contributed by atoms with Crippen molar-refractivity contribution in [3.05, 3.63) is 58.3 Å². The van der Waals surface area contributed by atoms with Crippen LogP contribution in [0.4, 0.5) is 0 Å². The molecule has 2 aromatic rings. The highest BCUT2D eigenvalue weighted by Gasteiger charge is 2.22. The van der Waals surface area contributed by atoms with Crippen LogP contribution in [0.2, 0.25) is 10.0 Å². The van der Waals surface area contributed by atoms with Crippen LogP contribution in [0.15, 0.2) is 47.6 Å². The van der Waals surface area contributed by atoms with E-state index in [1.54, 1.807) is 31.2 Å². The van der Waals surface area contributed by atoms with E-state index in [1.807, 2.05) is 0 Å². The smallest absolute Gasteiger partial charge is 0.244 e. The minimum Gasteiger partial charge on any atom is -0.263 e. The van der Waals surface area contributed by atoms with Crippen LogP contribution in [0.3, 0.4) is 0 Å². The van der Waals surface area contributed by atoms with Crippen molar-refractivity contribution in [1.29, 1.82) is 0 Å². The lowest BCUT2D eigenvalue weighted by Crippen LogP contribution is -2.27. The molecule has 0 spiro atoms. The first-order valence-electron chi connectivity index (χ1n) is 5.78. The fourth-order valence-corrected chi connectivity index (χ4v) is 3.70. The maximum atomic E-state index is 12.3. The zero-order valence-corrected chi connectivity index (χ0v) is 12.9. The van der Waals surface area contributed by atoms with Gasteiger partial charge in [0.05, 0.1) is 5.02 Å². The number of rotatable bonds is 4. The lowest BCUT2D eigenvalue weighted by molar-refractivity contribution is 0.566. The molecule has 0 saturated heterocycles. The lowest BCUT2D eigenvalue weighted by atomic mass is 10.1. The summed E-state index contributed by atoms with van der Waals surface area (Å²) in [5.74, 6) is 0. The molecule has 1 aromatic carbocycles. The van der Waals surface area contributed by atoms with Gasteiger partial charge in [-0.15, -0.1) is 0 Å². The number of hydrogen-bond donors (Lipinski definition) is 1. The molecule has 1 aromatic heterocycles. The SMILES string of the molecule is CC(NS(=O)(=O)c1cnccc1Cl)c1ccccc1Cl. The van der Waals surface area contributed by atoms with Gasteiger partial charge >= 0.3 is 0 Å². The average Bonchev–Trinajstić information content (AvgIpc) is 2.38. The molecule has 1 N–H and O–H groups in total. The van der Waals surface area contributed by atoms with Crippen LogP contribution in [-0.4, -0.2) is 13.4 Å². The molecule has 1 atom stereocenters. The molecular weight excluding hydrogens is 319 g/mol. The monoisotopic (exact) mass is 330 g/mol. The Morgan fingerprint density at radius 1 is 1.15 bits per heavy atom. The molecule has 4 nitrogen and oxygen atoms in total. The van der Waals surface area contributed by atoms with E-state index in [9.17, 15) is 8.42 Å².